The number of ether oxygens (including phenoxy) is 1. The summed E-state index contributed by atoms with van der Waals surface area (Å²) in [5, 5.41) is 8.78. The normalized spacial score (nSPS) is 14.8. The van der Waals surface area contributed by atoms with Crippen LogP contribution in [0.3, 0.4) is 0 Å². The van der Waals surface area contributed by atoms with Gasteiger partial charge < -0.3 is 20.7 Å². The van der Waals surface area contributed by atoms with Gasteiger partial charge in [-0.1, -0.05) is 30.9 Å². The molecule has 3 N–H and O–H groups in total. The van der Waals surface area contributed by atoms with Crippen molar-refractivity contribution in [3.8, 4) is 5.75 Å². The summed E-state index contributed by atoms with van der Waals surface area (Å²) in [6, 6.07) is 3.29. The van der Waals surface area contributed by atoms with Crippen LogP contribution in [0.4, 0.5) is 10.5 Å². The highest BCUT2D eigenvalue weighted by Gasteiger charge is 2.16. The van der Waals surface area contributed by atoms with Crippen molar-refractivity contribution >= 4 is 29.2 Å². The van der Waals surface area contributed by atoms with Gasteiger partial charge in [0.2, 0.25) is 5.91 Å². The summed E-state index contributed by atoms with van der Waals surface area (Å²) in [7, 11) is 1.51. The highest BCUT2D eigenvalue weighted by molar-refractivity contribution is 6.31. The van der Waals surface area contributed by atoms with Crippen LogP contribution in [-0.4, -0.2) is 31.6 Å². The van der Waals surface area contributed by atoms with Crippen molar-refractivity contribution in [3.63, 3.8) is 0 Å². The molecule has 0 bridgehead atoms. The first-order valence-electron chi connectivity index (χ1n) is 8.18. The van der Waals surface area contributed by atoms with E-state index in [0.717, 1.165) is 31.2 Å². The molecule has 0 atom stereocenters. The lowest BCUT2D eigenvalue weighted by Gasteiger charge is -2.22. The predicted molar refractivity (Wildman–Crippen MR) is 94.8 cm³/mol. The van der Waals surface area contributed by atoms with Gasteiger partial charge in [0, 0.05) is 17.1 Å². The van der Waals surface area contributed by atoms with Crippen LogP contribution in [0, 0.1) is 6.92 Å². The maximum absolute atomic E-state index is 12.0. The molecule has 1 fully saturated rings. The molecule has 0 aromatic heterocycles. The zero-order valence-electron chi connectivity index (χ0n) is 14.1. The summed E-state index contributed by atoms with van der Waals surface area (Å²) in [6.45, 7) is 1.73. The number of rotatable bonds is 5. The molecule has 1 aliphatic rings. The topological polar surface area (TPSA) is 79.5 Å². The molecule has 24 heavy (non-hydrogen) atoms. The summed E-state index contributed by atoms with van der Waals surface area (Å²) in [4.78, 5) is 23.9. The number of halogens is 1. The maximum atomic E-state index is 12.0. The molecule has 0 heterocycles. The lowest BCUT2D eigenvalue weighted by molar-refractivity contribution is -0.115. The fourth-order valence-electron chi connectivity index (χ4n) is 2.77. The maximum Gasteiger partial charge on any atom is 0.315 e. The van der Waals surface area contributed by atoms with Gasteiger partial charge in [-0.25, -0.2) is 4.79 Å². The van der Waals surface area contributed by atoms with E-state index >= 15 is 0 Å². The second kappa shape index (κ2) is 8.78. The third kappa shape index (κ3) is 5.30. The minimum Gasteiger partial charge on any atom is -0.495 e. The van der Waals surface area contributed by atoms with Crippen LogP contribution >= 0.6 is 11.6 Å². The SMILES string of the molecule is COc1cc(Cl)c(C)cc1NC(=O)CNC(=O)NC1CCCCC1. The average Bonchev–Trinajstić information content (AvgIpc) is 2.57. The molecule has 1 aromatic carbocycles. The Kier molecular flexibility index (Phi) is 6.73. The van der Waals surface area contributed by atoms with Gasteiger partial charge in [0.05, 0.1) is 19.3 Å². The molecule has 132 valence electrons. The van der Waals surface area contributed by atoms with Crippen molar-refractivity contribution in [3.05, 3.63) is 22.7 Å². The summed E-state index contributed by atoms with van der Waals surface area (Å²) in [6.07, 6.45) is 5.51. The summed E-state index contributed by atoms with van der Waals surface area (Å²) >= 11 is 6.04. The first-order valence-corrected chi connectivity index (χ1v) is 8.55. The minimum atomic E-state index is -0.325. The van der Waals surface area contributed by atoms with Crippen LogP contribution in [0.5, 0.6) is 5.75 Å². The number of hydrogen-bond acceptors (Lipinski definition) is 3. The lowest BCUT2D eigenvalue weighted by atomic mass is 9.96. The number of urea groups is 1. The van der Waals surface area contributed by atoms with Gasteiger partial charge in [-0.05, 0) is 31.4 Å². The summed E-state index contributed by atoms with van der Waals surface area (Å²) in [5.41, 5.74) is 1.36. The van der Waals surface area contributed by atoms with E-state index < -0.39 is 0 Å². The van der Waals surface area contributed by atoms with Crippen LogP contribution < -0.4 is 20.7 Å². The molecule has 6 nitrogen and oxygen atoms in total. The Morgan fingerprint density at radius 3 is 2.62 bits per heavy atom. The number of carbonyl (C=O) groups excluding carboxylic acids is 2. The Bertz CT molecular complexity index is 601. The third-order valence-electron chi connectivity index (χ3n) is 4.10. The van der Waals surface area contributed by atoms with Crippen molar-refractivity contribution < 1.29 is 14.3 Å². The van der Waals surface area contributed by atoms with Gasteiger partial charge in [-0.15, -0.1) is 0 Å². The quantitative estimate of drug-likeness (QED) is 0.760. The Morgan fingerprint density at radius 1 is 1.25 bits per heavy atom. The predicted octanol–water partition coefficient (Wildman–Crippen LogP) is 3.23. The number of anilines is 1. The van der Waals surface area contributed by atoms with Crippen molar-refractivity contribution in [2.75, 3.05) is 19.0 Å². The van der Waals surface area contributed by atoms with Crippen LogP contribution in [0.1, 0.15) is 37.7 Å². The number of methoxy groups -OCH3 is 1. The number of benzene rings is 1. The molecule has 7 heteroatoms. The summed E-state index contributed by atoms with van der Waals surface area (Å²) < 4.78 is 5.21. The lowest BCUT2D eigenvalue weighted by Crippen LogP contribution is -2.45. The smallest absolute Gasteiger partial charge is 0.315 e. The van der Waals surface area contributed by atoms with Crippen LogP contribution in [0.15, 0.2) is 12.1 Å². The zero-order valence-corrected chi connectivity index (χ0v) is 14.8. The first-order chi connectivity index (χ1) is 11.5. The van der Waals surface area contributed by atoms with Crippen LogP contribution in [0.2, 0.25) is 5.02 Å². The van der Waals surface area contributed by atoms with E-state index in [0.29, 0.717) is 16.5 Å². The van der Waals surface area contributed by atoms with E-state index in [4.69, 9.17) is 16.3 Å². The molecule has 0 aliphatic heterocycles. The van der Waals surface area contributed by atoms with Crippen molar-refractivity contribution in [1.82, 2.24) is 10.6 Å². The van der Waals surface area contributed by atoms with Gasteiger partial charge in [-0.2, -0.15) is 0 Å². The fourth-order valence-corrected chi connectivity index (χ4v) is 2.92. The van der Waals surface area contributed by atoms with E-state index in [1.54, 1.807) is 12.1 Å². The number of aryl methyl sites for hydroxylation is 1. The molecular weight excluding hydrogens is 330 g/mol. The largest absolute Gasteiger partial charge is 0.495 e. The number of hydrogen-bond donors (Lipinski definition) is 3. The van der Waals surface area contributed by atoms with E-state index in [1.165, 1.54) is 13.5 Å². The second-order valence-electron chi connectivity index (χ2n) is 6.01. The monoisotopic (exact) mass is 353 g/mol. The van der Waals surface area contributed by atoms with E-state index in [2.05, 4.69) is 16.0 Å². The van der Waals surface area contributed by atoms with Gasteiger partial charge >= 0.3 is 6.03 Å². The molecule has 2 rings (SSSR count). The molecule has 0 spiro atoms. The van der Waals surface area contributed by atoms with E-state index in [9.17, 15) is 9.59 Å². The van der Waals surface area contributed by atoms with E-state index in [1.807, 2.05) is 6.92 Å². The first kappa shape index (κ1) is 18.4. The van der Waals surface area contributed by atoms with Gasteiger partial charge in [0.25, 0.3) is 0 Å². The van der Waals surface area contributed by atoms with Crippen LogP contribution in [-0.2, 0) is 4.79 Å². The van der Waals surface area contributed by atoms with Crippen molar-refractivity contribution in [2.45, 2.75) is 45.1 Å². The molecule has 1 aliphatic carbocycles. The van der Waals surface area contributed by atoms with Crippen molar-refractivity contribution in [2.24, 2.45) is 0 Å². The highest BCUT2D eigenvalue weighted by Crippen LogP contribution is 2.30. The molecule has 0 radical (unpaired) electrons. The van der Waals surface area contributed by atoms with Gasteiger partial charge in [0.1, 0.15) is 5.75 Å². The molecule has 0 unspecified atom stereocenters. The molecular formula is C17H24ClN3O3. The molecule has 3 amide bonds. The number of carbonyl (C=O) groups is 2. The van der Waals surface area contributed by atoms with E-state index in [-0.39, 0.29) is 24.5 Å². The second-order valence-corrected chi connectivity index (χ2v) is 6.42. The fraction of sp³-hybridized carbons (Fsp3) is 0.529. The third-order valence-corrected chi connectivity index (χ3v) is 4.51. The Balaban J connectivity index is 1.82. The molecule has 1 saturated carbocycles. The Hall–Kier alpha value is -1.95. The van der Waals surface area contributed by atoms with Gasteiger partial charge in [0.15, 0.2) is 0 Å². The van der Waals surface area contributed by atoms with Crippen molar-refractivity contribution in [1.29, 1.82) is 0 Å². The summed E-state index contributed by atoms with van der Waals surface area (Å²) in [5.74, 6) is 0.152. The van der Waals surface area contributed by atoms with Crippen LogP contribution in [0.25, 0.3) is 0 Å². The number of amides is 3. The Morgan fingerprint density at radius 2 is 1.96 bits per heavy atom. The number of nitrogens with one attached hydrogen (secondary N) is 3. The molecule has 1 aromatic rings. The van der Waals surface area contributed by atoms with Gasteiger partial charge in [-0.3, -0.25) is 4.79 Å². The standard InChI is InChI=1S/C17H24ClN3O3/c1-11-8-14(15(24-2)9-13(11)18)21-16(22)10-19-17(23)20-12-6-4-3-5-7-12/h8-9,12H,3-7,10H2,1-2H3,(H,21,22)(H2,19,20,23). The highest BCUT2D eigenvalue weighted by atomic mass is 35.5. The average molecular weight is 354 g/mol. The minimum absolute atomic E-state index is 0.108. The zero-order chi connectivity index (χ0) is 17.5. The molecule has 0 saturated heterocycles. The Labute approximate surface area is 147 Å².